The van der Waals surface area contributed by atoms with Gasteiger partial charge in [0.2, 0.25) is 0 Å². The first kappa shape index (κ1) is 25.8. The van der Waals surface area contributed by atoms with Crippen LogP contribution in [0.15, 0.2) is 72.0 Å². The molecule has 1 aliphatic carbocycles. The molecule has 2 aromatic rings. The molecule has 0 saturated carbocycles. The van der Waals surface area contributed by atoms with E-state index >= 15 is 0 Å². The minimum atomic E-state index is -0.292. The normalized spacial score (nSPS) is 16.3. The number of anilines is 1. The summed E-state index contributed by atoms with van der Waals surface area (Å²) in [7, 11) is 0. The van der Waals surface area contributed by atoms with Gasteiger partial charge in [-0.15, -0.1) is 0 Å². The average molecular weight is 487 g/mol. The molecule has 0 aromatic heterocycles. The highest BCUT2D eigenvalue weighted by atomic mass is 16.5. The monoisotopic (exact) mass is 486 g/mol. The van der Waals surface area contributed by atoms with Crippen LogP contribution in [-0.4, -0.2) is 49.7 Å². The SMILES string of the molecule is CCCOC(=O)c1ccccc1C1=C2C=CC(N(CC)CC)C=C2Oc2cc(N(CC)CC)ccc21. The molecular weight excluding hydrogens is 448 g/mol. The molecule has 4 rings (SSSR count). The lowest BCUT2D eigenvalue weighted by molar-refractivity contribution is 0.0504. The van der Waals surface area contributed by atoms with Gasteiger partial charge in [0.25, 0.3) is 0 Å². The topological polar surface area (TPSA) is 42.0 Å². The zero-order chi connectivity index (χ0) is 25.7. The second-order valence-electron chi connectivity index (χ2n) is 9.03. The van der Waals surface area contributed by atoms with Crippen molar-refractivity contribution < 1.29 is 14.3 Å². The molecule has 0 N–H and O–H groups in total. The van der Waals surface area contributed by atoms with E-state index in [4.69, 9.17) is 9.47 Å². The Balaban J connectivity index is 1.90. The smallest absolute Gasteiger partial charge is 0.338 e. The first-order valence-electron chi connectivity index (χ1n) is 13.3. The van der Waals surface area contributed by atoms with Gasteiger partial charge >= 0.3 is 5.97 Å². The highest BCUT2D eigenvalue weighted by Gasteiger charge is 2.30. The molecule has 0 amide bonds. The molecule has 190 valence electrons. The van der Waals surface area contributed by atoms with Gasteiger partial charge in [0.15, 0.2) is 0 Å². The number of allylic oxidation sites excluding steroid dienone is 1. The Hall–Kier alpha value is -3.31. The van der Waals surface area contributed by atoms with E-state index in [9.17, 15) is 4.79 Å². The number of hydrogen-bond acceptors (Lipinski definition) is 5. The Morgan fingerprint density at radius 3 is 2.39 bits per heavy atom. The number of benzene rings is 2. The third-order valence-corrected chi connectivity index (χ3v) is 6.99. The van der Waals surface area contributed by atoms with Crippen molar-refractivity contribution in [1.29, 1.82) is 0 Å². The van der Waals surface area contributed by atoms with Crippen LogP contribution in [0.25, 0.3) is 5.57 Å². The van der Waals surface area contributed by atoms with Crippen molar-refractivity contribution >= 4 is 17.2 Å². The van der Waals surface area contributed by atoms with E-state index in [0.717, 1.165) is 72.1 Å². The summed E-state index contributed by atoms with van der Waals surface area (Å²) in [5.74, 6) is 1.36. The van der Waals surface area contributed by atoms with Crippen molar-refractivity contribution in [2.75, 3.05) is 37.7 Å². The number of fused-ring (bicyclic) bond motifs is 2. The van der Waals surface area contributed by atoms with Gasteiger partial charge in [-0.3, -0.25) is 4.90 Å². The first-order chi connectivity index (χ1) is 17.6. The highest BCUT2D eigenvalue weighted by Crippen LogP contribution is 2.45. The second-order valence-corrected chi connectivity index (χ2v) is 9.03. The van der Waals surface area contributed by atoms with Gasteiger partial charge < -0.3 is 14.4 Å². The molecular formula is C31H38N2O3. The number of rotatable bonds is 10. The molecule has 1 aliphatic heterocycles. The minimum Gasteiger partial charge on any atom is -0.462 e. The lowest BCUT2D eigenvalue weighted by atomic mass is 9.85. The van der Waals surface area contributed by atoms with Crippen molar-refractivity contribution in [3.8, 4) is 5.75 Å². The number of carbonyl (C=O) groups is 1. The fourth-order valence-corrected chi connectivity index (χ4v) is 5.04. The van der Waals surface area contributed by atoms with Gasteiger partial charge in [0.1, 0.15) is 11.5 Å². The summed E-state index contributed by atoms with van der Waals surface area (Å²) in [6.07, 6.45) is 7.37. The Labute approximate surface area is 215 Å². The van der Waals surface area contributed by atoms with E-state index < -0.39 is 0 Å². The minimum absolute atomic E-state index is 0.164. The van der Waals surface area contributed by atoms with E-state index in [-0.39, 0.29) is 12.0 Å². The molecule has 0 fully saturated rings. The maximum atomic E-state index is 13.1. The predicted molar refractivity (Wildman–Crippen MR) is 148 cm³/mol. The molecule has 2 aromatic carbocycles. The van der Waals surface area contributed by atoms with Crippen LogP contribution in [-0.2, 0) is 4.74 Å². The van der Waals surface area contributed by atoms with Crippen LogP contribution in [0, 0.1) is 0 Å². The number of ether oxygens (including phenoxy) is 2. The second kappa shape index (κ2) is 11.6. The molecule has 5 heteroatoms. The first-order valence-corrected chi connectivity index (χ1v) is 13.3. The molecule has 5 nitrogen and oxygen atoms in total. The Kier molecular flexibility index (Phi) is 8.32. The molecule has 0 radical (unpaired) electrons. The number of hydrogen-bond donors (Lipinski definition) is 0. The maximum Gasteiger partial charge on any atom is 0.338 e. The molecule has 0 bridgehead atoms. The van der Waals surface area contributed by atoms with Crippen LogP contribution < -0.4 is 9.64 Å². The molecule has 0 spiro atoms. The number of carbonyl (C=O) groups excluding carboxylic acids is 1. The molecule has 2 aliphatic rings. The Bertz CT molecular complexity index is 1190. The third kappa shape index (κ3) is 4.98. The quantitative estimate of drug-likeness (QED) is 0.361. The summed E-state index contributed by atoms with van der Waals surface area (Å²) in [5, 5.41) is 0. The fraction of sp³-hybridized carbons (Fsp3) is 0.387. The predicted octanol–water partition coefficient (Wildman–Crippen LogP) is 6.46. The average Bonchev–Trinajstić information content (AvgIpc) is 2.91. The summed E-state index contributed by atoms with van der Waals surface area (Å²) in [6, 6.07) is 14.3. The van der Waals surface area contributed by atoms with E-state index in [2.05, 4.69) is 73.9 Å². The highest BCUT2D eigenvalue weighted by molar-refractivity contribution is 6.01. The lowest BCUT2D eigenvalue weighted by Gasteiger charge is -2.33. The zero-order valence-corrected chi connectivity index (χ0v) is 22.2. The number of likely N-dealkylation sites (N-methyl/N-ethyl adjacent to an activating group) is 1. The largest absolute Gasteiger partial charge is 0.462 e. The Morgan fingerprint density at radius 2 is 1.69 bits per heavy atom. The maximum absolute atomic E-state index is 13.1. The van der Waals surface area contributed by atoms with Crippen LogP contribution in [0.5, 0.6) is 5.75 Å². The van der Waals surface area contributed by atoms with Gasteiger partial charge in [-0.1, -0.05) is 51.1 Å². The van der Waals surface area contributed by atoms with Crippen molar-refractivity contribution in [3.63, 3.8) is 0 Å². The van der Waals surface area contributed by atoms with Gasteiger partial charge in [-0.05, 0) is 63.2 Å². The summed E-state index contributed by atoms with van der Waals surface area (Å²) in [6.45, 7) is 14.8. The van der Waals surface area contributed by atoms with Crippen LogP contribution >= 0.6 is 0 Å². The molecule has 1 unspecified atom stereocenters. The van der Waals surface area contributed by atoms with Crippen molar-refractivity contribution in [1.82, 2.24) is 4.90 Å². The van der Waals surface area contributed by atoms with Crippen molar-refractivity contribution in [3.05, 3.63) is 88.7 Å². The van der Waals surface area contributed by atoms with Gasteiger partial charge in [0, 0.05) is 41.6 Å². The van der Waals surface area contributed by atoms with E-state index in [0.29, 0.717) is 12.2 Å². The number of nitrogens with zero attached hydrogens (tertiary/aromatic N) is 2. The third-order valence-electron chi connectivity index (χ3n) is 6.99. The molecule has 1 atom stereocenters. The van der Waals surface area contributed by atoms with Crippen LogP contribution in [0.4, 0.5) is 5.69 Å². The van der Waals surface area contributed by atoms with Gasteiger partial charge in [0.05, 0.1) is 18.2 Å². The lowest BCUT2D eigenvalue weighted by Crippen LogP contribution is -2.34. The standard InChI is InChI=1S/C31H38N2O3/c1-6-19-35-31(34)25-14-12-11-13-24(25)30-26-17-15-22(32(7-2)8-3)20-28(26)36-29-21-23(16-18-27(29)30)33(9-4)10-5/h11-18,20-22H,6-10,19H2,1-5H3. The van der Waals surface area contributed by atoms with Gasteiger partial charge in [-0.25, -0.2) is 4.79 Å². The van der Waals surface area contributed by atoms with Crippen LogP contribution in [0.1, 0.15) is 62.5 Å². The molecule has 1 heterocycles. The summed E-state index contributed by atoms with van der Waals surface area (Å²) in [5.41, 5.74) is 5.56. The van der Waals surface area contributed by atoms with Crippen LogP contribution in [0.2, 0.25) is 0 Å². The van der Waals surface area contributed by atoms with E-state index in [1.807, 2.05) is 31.2 Å². The summed E-state index contributed by atoms with van der Waals surface area (Å²) in [4.78, 5) is 17.8. The van der Waals surface area contributed by atoms with E-state index in [1.165, 1.54) is 0 Å². The number of esters is 1. The van der Waals surface area contributed by atoms with Crippen molar-refractivity contribution in [2.45, 2.75) is 47.1 Å². The molecule has 0 saturated heterocycles. The van der Waals surface area contributed by atoms with Gasteiger partial charge in [-0.2, -0.15) is 0 Å². The summed E-state index contributed by atoms with van der Waals surface area (Å²) < 4.78 is 12.1. The van der Waals surface area contributed by atoms with Crippen LogP contribution in [0.3, 0.4) is 0 Å². The fourth-order valence-electron chi connectivity index (χ4n) is 5.04. The summed E-state index contributed by atoms with van der Waals surface area (Å²) >= 11 is 0. The van der Waals surface area contributed by atoms with Crippen molar-refractivity contribution in [2.24, 2.45) is 0 Å². The zero-order valence-electron chi connectivity index (χ0n) is 22.2. The van der Waals surface area contributed by atoms with E-state index in [1.54, 1.807) is 0 Å². The molecule has 36 heavy (non-hydrogen) atoms. The Morgan fingerprint density at radius 1 is 0.944 bits per heavy atom.